The van der Waals surface area contributed by atoms with E-state index in [1.165, 1.54) is 0 Å². The molecule has 3 atom stereocenters. The molecule has 1 fully saturated rings. The first-order valence-corrected chi connectivity index (χ1v) is 3.92. The van der Waals surface area contributed by atoms with E-state index in [0.717, 1.165) is 6.42 Å². The average molecular weight is 158 g/mol. The van der Waals surface area contributed by atoms with Crippen LogP contribution in [0, 0.1) is 5.92 Å². The molecule has 0 spiro atoms. The van der Waals surface area contributed by atoms with E-state index < -0.39 is 17.7 Å². The van der Waals surface area contributed by atoms with Gasteiger partial charge in [0.05, 0.1) is 0 Å². The van der Waals surface area contributed by atoms with Crippen LogP contribution in [0.3, 0.4) is 0 Å². The molecule has 64 valence electrons. The molecule has 1 saturated heterocycles. The summed E-state index contributed by atoms with van der Waals surface area (Å²) in [5, 5.41) is 9.26. The maximum Gasteiger partial charge on any atom is 0.335 e. The second-order valence-corrected chi connectivity index (χ2v) is 3.32. The highest BCUT2D eigenvalue weighted by Crippen LogP contribution is 2.34. The van der Waals surface area contributed by atoms with Gasteiger partial charge in [0.15, 0.2) is 6.10 Å². The highest BCUT2D eigenvalue weighted by atomic mass is 16.6. The molecule has 0 amide bonds. The van der Waals surface area contributed by atoms with Gasteiger partial charge in [-0.05, 0) is 13.3 Å². The molecule has 0 aromatic rings. The second-order valence-electron chi connectivity index (χ2n) is 3.32. The lowest BCUT2D eigenvalue weighted by molar-refractivity contribution is -0.152. The molecular formula is C8H14O3. The Morgan fingerprint density at radius 3 is 2.45 bits per heavy atom. The summed E-state index contributed by atoms with van der Waals surface area (Å²) in [4.78, 5) is 10.9. The van der Waals surface area contributed by atoms with Crippen LogP contribution >= 0.6 is 0 Å². The molecule has 11 heavy (non-hydrogen) atoms. The zero-order chi connectivity index (χ0) is 8.65. The number of carbonyl (C=O) groups excluding carboxylic acids is 1. The number of ether oxygens (including phenoxy) is 1. The van der Waals surface area contributed by atoms with Gasteiger partial charge in [0.2, 0.25) is 0 Å². The van der Waals surface area contributed by atoms with E-state index in [4.69, 9.17) is 4.74 Å². The van der Waals surface area contributed by atoms with Gasteiger partial charge in [-0.2, -0.15) is 0 Å². The molecule has 0 aliphatic carbocycles. The Morgan fingerprint density at radius 2 is 2.27 bits per heavy atom. The number of rotatable bonds is 1. The summed E-state index contributed by atoms with van der Waals surface area (Å²) in [5.41, 5.74) is -0.462. The van der Waals surface area contributed by atoms with Crippen molar-refractivity contribution in [2.45, 2.75) is 38.9 Å². The molecule has 1 heterocycles. The van der Waals surface area contributed by atoms with E-state index in [1.54, 1.807) is 0 Å². The van der Waals surface area contributed by atoms with E-state index in [9.17, 15) is 9.90 Å². The summed E-state index contributed by atoms with van der Waals surface area (Å²) in [5.74, 6) is -0.582. The summed E-state index contributed by atoms with van der Waals surface area (Å²) in [6.45, 7) is 5.63. The van der Waals surface area contributed by atoms with Crippen molar-refractivity contribution in [3.05, 3.63) is 0 Å². The molecule has 3 heteroatoms. The standard InChI is InChI=1S/C8H14O3/c1-4-8(3)5(2)6(9)7(10)11-8/h5-6,9H,4H2,1-3H3/t5-,6+,8+/m0/s1. The van der Waals surface area contributed by atoms with Crippen LogP contribution in [0.2, 0.25) is 0 Å². The minimum atomic E-state index is -0.931. The minimum absolute atomic E-state index is 0.0972. The topological polar surface area (TPSA) is 46.5 Å². The molecule has 0 aromatic heterocycles. The van der Waals surface area contributed by atoms with Crippen molar-refractivity contribution in [1.82, 2.24) is 0 Å². The highest BCUT2D eigenvalue weighted by Gasteiger charge is 2.48. The van der Waals surface area contributed by atoms with Crippen molar-refractivity contribution >= 4 is 5.97 Å². The lowest BCUT2D eigenvalue weighted by Gasteiger charge is -2.25. The number of carbonyl (C=O) groups is 1. The Morgan fingerprint density at radius 1 is 1.73 bits per heavy atom. The predicted octanol–water partition coefficient (Wildman–Crippen LogP) is 0.709. The Hall–Kier alpha value is -0.570. The first-order valence-electron chi connectivity index (χ1n) is 3.92. The Bertz CT molecular complexity index is 178. The summed E-state index contributed by atoms with van der Waals surface area (Å²) in [7, 11) is 0. The van der Waals surface area contributed by atoms with Crippen LogP contribution in [0.15, 0.2) is 0 Å². The van der Waals surface area contributed by atoms with Crippen LogP contribution in [0.4, 0.5) is 0 Å². The normalized spacial score (nSPS) is 44.2. The largest absolute Gasteiger partial charge is 0.457 e. The SMILES string of the molecule is CC[C@@]1(C)OC(=O)[C@H](O)[C@@H]1C. The van der Waals surface area contributed by atoms with Gasteiger partial charge < -0.3 is 9.84 Å². The molecule has 1 aliphatic rings. The molecule has 1 N–H and O–H groups in total. The van der Waals surface area contributed by atoms with Crippen molar-refractivity contribution in [2.24, 2.45) is 5.92 Å². The monoisotopic (exact) mass is 158 g/mol. The summed E-state index contributed by atoms with van der Waals surface area (Å²) in [6, 6.07) is 0. The Labute approximate surface area is 66.4 Å². The zero-order valence-corrected chi connectivity index (χ0v) is 7.13. The first-order chi connectivity index (χ1) is 5.01. The minimum Gasteiger partial charge on any atom is -0.457 e. The predicted molar refractivity (Wildman–Crippen MR) is 40.0 cm³/mol. The van der Waals surface area contributed by atoms with Crippen LogP contribution in [0.1, 0.15) is 27.2 Å². The number of cyclic esters (lactones) is 1. The summed E-state index contributed by atoms with van der Waals surface area (Å²) in [6.07, 6.45) is -0.184. The van der Waals surface area contributed by atoms with Crippen molar-refractivity contribution in [2.75, 3.05) is 0 Å². The molecule has 1 aliphatic heterocycles. The van der Waals surface area contributed by atoms with Gasteiger partial charge in [-0.3, -0.25) is 0 Å². The highest BCUT2D eigenvalue weighted by molar-refractivity contribution is 5.77. The molecule has 3 nitrogen and oxygen atoms in total. The van der Waals surface area contributed by atoms with E-state index in [-0.39, 0.29) is 5.92 Å². The molecule has 1 rings (SSSR count). The van der Waals surface area contributed by atoms with Crippen molar-refractivity contribution in [3.63, 3.8) is 0 Å². The third-order valence-corrected chi connectivity index (χ3v) is 2.71. The van der Waals surface area contributed by atoms with Crippen LogP contribution in [-0.4, -0.2) is 22.8 Å². The van der Waals surface area contributed by atoms with Crippen molar-refractivity contribution in [3.8, 4) is 0 Å². The van der Waals surface area contributed by atoms with E-state index in [0.29, 0.717) is 0 Å². The summed E-state index contributed by atoms with van der Waals surface area (Å²) < 4.78 is 5.03. The zero-order valence-electron chi connectivity index (χ0n) is 7.13. The Balaban J connectivity index is 2.82. The fourth-order valence-corrected chi connectivity index (χ4v) is 1.32. The van der Waals surface area contributed by atoms with Gasteiger partial charge in [-0.25, -0.2) is 4.79 Å². The molecule has 0 aromatic carbocycles. The number of hydrogen-bond donors (Lipinski definition) is 1. The smallest absolute Gasteiger partial charge is 0.335 e. The third-order valence-electron chi connectivity index (χ3n) is 2.71. The van der Waals surface area contributed by atoms with Crippen LogP contribution in [-0.2, 0) is 9.53 Å². The number of esters is 1. The first kappa shape index (κ1) is 8.53. The maximum absolute atomic E-state index is 10.9. The molecule has 0 saturated carbocycles. The lowest BCUT2D eigenvalue weighted by atomic mass is 9.87. The van der Waals surface area contributed by atoms with Gasteiger partial charge >= 0.3 is 5.97 Å². The number of aliphatic hydroxyl groups excluding tert-OH is 1. The van der Waals surface area contributed by atoms with Gasteiger partial charge in [0.1, 0.15) is 5.60 Å². The van der Waals surface area contributed by atoms with Crippen LogP contribution in [0.5, 0.6) is 0 Å². The van der Waals surface area contributed by atoms with Crippen molar-refractivity contribution < 1.29 is 14.6 Å². The van der Waals surface area contributed by atoms with Gasteiger partial charge in [-0.1, -0.05) is 13.8 Å². The van der Waals surface area contributed by atoms with E-state index in [2.05, 4.69) is 0 Å². The van der Waals surface area contributed by atoms with Crippen molar-refractivity contribution in [1.29, 1.82) is 0 Å². The van der Waals surface area contributed by atoms with Crippen LogP contribution < -0.4 is 0 Å². The van der Waals surface area contributed by atoms with Gasteiger partial charge in [0.25, 0.3) is 0 Å². The average Bonchev–Trinajstić information content (AvgIpc) is 2.17. The number of hydrogen-bond acceptors (Lipinski definition) is 3. The Kier molecular flexibility index (Phi) is 1.92. The van der Waals surface area contributed by atoms with Gasteiger partial charge in [-0.15, -0.1) is 0 Å². The molecule has 0 radical (unpaired) electrons. The second kappa shape index (κ2) is 2.48. The fourth-order valence-electron chi connectivity index (χ4n) is 1.32. The fraction of sp³-hybridized carbons (Fsp3) is 0.875. The molecule has 0 bridgehead atoms. The van der Waals surface area contributed by atoms with Crippen LogP contribution in [0.25, 0.3) is 0 Å². The molecule has 0 unspecified atom stereocenters. The van der Waals surface area contributed by atoms with Gasteiger partial charge in [0, 0.05) is 5.92 Å². The van der Waals surface area contributed by atoms with E-state index >= 15 is 0 Å². The van der Waals surface area contributed by atoms with E-state index in [1.807, 2.05) is 20.8 Å². The quantitative estimate of drug-likeness (QED) is 0.572. The number of aliphatic hydroxyl groups is 1. The maximum atomic E-state index is 10.9. The lowest BCUT2D eigenvalue weighted by Crippen LogP contribution is -2.32. The summed E-state index contributed by atoms with van der Waals surface area (Å²) >= 11 is 0. The molecular weight excluding hydrogens is 144 g/mol. The third kappa shape index (κ3) is 1.13.